The monoisotopic (exact) mass is 348 g/mol. The molecule has 1 saturated heterocycles. The summed E-state index contributed by atoms with van der Waals surface area (Å²) in [5.74, 6) is 0.700. The number of nitrogens with zero attached hydrogens (tertiary/aromatic N) is 2. The summed E-state index contributed by atoms with van der Waals surface area (Å²) in [6.45, 7) is 0.399. The highest BCUT2D eigenvalue weighted by Gasteiger charge is 2.54. The Labute approximate surface area is 141 Å². The molecule has 1 saturated carbocycles. The number of fused-ring (bicyclic) bond motifs is 1. The Bertz CT molecular complexity index is 808. The van der Waals surface area contributed by atoms with E-state index in [-0.39, 0.29) is 5.75 Å². The van der Waals surface area contributed by atoms with Crippen LogP contribution in [0.5, 0.6) is 5.75 Å². The first-order valence-electron chi connectivity index (χ1n) is 8.37. The summed E-state index contributed by atoms with van der Waals surface area (Å²) >= 11 is 0. The van der Waals surface area contributed by atoms with Crippen LogP contribution in [-0.2, 0) is 10.0 Å². The first-order chi connectivity index (χ1) is 11.5. The number of aliphatic hydroxyl groups is 1. The molecule has 0 amide bonds. The van der Waals surface area contributed by atoms with E-state index in [1.54, 1.807) is 18.2 Å². The summed E-state index contributed by atoms with van der Waals surface area (Å²) in [4.78, 5) is 0. The van der Waals surface area contributed by atoms with Crippen LogP contribution in [0.3, 0.4) is 0 Å². The second-order valence-electron chi connectivity index (χ2n) is 6.91. The van der Waals surface area contributed by atoms with Crippen molar-refractivity contribution in [3.63, 3.8) is 0 Å². The van der Waals surface area contributed by atoms with Gasteiger partial charge in [0, 0.05) is 12.1 Å². The zero-order valence-electron chi connectivity index (χ0n) is 13.3. The van der Waals surface area contributed by atoms with Crippen molar-refractivity contribution < 1.29 is 18.3 Å². The quantitative estimate of drug-likeness (QED) is 0.834. The number of rotatable bonds is 1. The van der Waals surface area contributed by atoms with Crippen LogP contribution >= 0.6 is 0 Å². The summed E-state index contributed by atoms with van der Waals surface area (Å²) in [6, 6.07) is 6.46. The van der Waals surface area contributed by atoms with E-state index in [2.05, 4.69) is 6.07 Å². The molecule has 3 aliphatic rings. The highest BCUT2D eigenvalue weighted by atomic mass is 32.2. The van der Waals surface area contributed by atoms with Gasteiger partial charge < -0.3 is 9.84 Å². The molecule has 6 nitrogen and oxygen atoms in total. The molecular formula is C17H20N2O4S. The number of hydrogen-bond donors (Lipinski definition) is 1. The molecule has 7 heteroatoms. The van der Waals surface area contributed by atoms with E-state index in [1.807, 2.05) is 0 Å². The Hall–Kier alpha value is -1.62. The zero-order valence-corrected chi connectivity index (χ0v) is 14.1. The molecule has 1 spiro atoms. The maximum Gasteiger partial charge on any atom is 0.214 e. The molecule has 1 aromatic rings. The topological polar surface area (TPSA) is 90.6 Å². The lowest BCUT2D eigenvalue weighted by atomic mass is 9.82. The van der Waals surface area contributed by atoms with Crippen LogP contribution < -0.4 is 4.74 Å². The van der Waals surface area contributed by atoms with Crippen molar-refractivity contribution in [2.75, 3.05) is 12.3 Å². The van der Waals surface area contributed by atoms with Gasteiger partial charge in [0.15, 0.2) is 0 Å². The molecule has 128 valence electrons. The molecule has 2 heterocycles. The Morgan fingerprint density at radius 1 is 1.29 bits per heavy atom. The fourth-order valence-electron chi connectivity index (χ4n) is 4.33. The van der Waals surface area contributed by atoms with Crippen molar-refractivity contribution in [1.29, 1.82) is 5.26 Å². The van der Waals surface area contributed by atoms with Crippen LogP contribution in [0.4, 0.5) is 0 Å². The van der Waals surface area contributed by atoms with E-state index in [4.69, 9.17) is 4.74 Å². The highest BCUT2D eigenvalue weighted by Crippen LogP contribution is 2.50. The van der Waals surface area contributed by atoms with Crippen LogP contribution in [0.2, 0.25) is 0 Å². The second kappa shape index (κ2) is 5.45. The smallest absolute Gasteiger partial charge is 0.214 e. The van der Waals surface area contributed by atoms with Crippen molar-refractivity contribution in [2.24, 2.45) is 0 Å². The van der Waals surface area contributed by atoms with Gasteiger partial charge in [-0.2, -0.15) is 9.57 Å². The lowest BCUT2D eigenvalue weighted by Crippen LogP contribution is -2.55. The number of aliphatic hydroxyl groups excluding tert-OH is 1. The molecule has 2 fully saturated rings. The third-order valence-corrected chi connectivity index (χ3v) is 7.44. The molecule has 24 heavy (non-hydrogen) atoms. The third kappa shape index (κ3) is 2.25. The van der Waals surface area contributed by atoms with E-state index in [9.17, 15) is 18.8 Å². The number of sulfonamides is 1. The maximum absolute atomic E-state index is 12.5. The van der Waals surface area contributed by atoms with Crippen LogP contribution in [0.25, 0.3) is 0 Å². The van der Waals surface area contributed by atoms with Crippen molar-refractivity contribution in [2.45, 2.75) is 49.9 Å². The number of nitriles is 1. The summed E-state index contributed by atoms with van der Waals surface area (Å²) in [7, 11) is -3.39. The summed E-state index contributed by atoms with van der Waals surface area (Å²) in [5, 5.41) is 20.3. The summed E-state index contributed by atoms with van der Waals surface area (Å²) < 4.78 is 32.6. The molecule has 2 aliphatic heterocycles. The Kier molecular flexibility index (Phi) is 3.60. The number of ether oxygens (including phenoxy) is 1. The molecule has 1 aliphatic carbocycles. The van der Waals surface area contributed by atoms with Gasteiger partial charge in [-0.15, -0.1) is 0 Å². The normalized spacial score (nSPS) is 30.7. The molecule has 4 rings (SSSR count). The van der Waals surface area contributed by atoms with Crippen molar-refractivity contribution in [3.8, 4) is 11.8 Å². The molecule has 0 radical (unpaired) electrons. The minimum absolute atomic E-state index is 0.108. The fraction of sp³-hybridized carbons (Fsp3) is 0.588. The van der Waals surface area contributed by atoms with Gasteiger partial charge >= 0.3 is 0 Å². The lowest BCUT2D eigenvalue weighted by Gasteiger charge is -2.46. The van der Waals surface area contributed by atoms with Gasteiger partial charge in [0.05, 0.1) is 23.4 Å². The van der Waals surface area contributed by atoms with Gasteiger partial charge in [0.1, 0.15) is 17.5 Å². The second-order valence-corrected chi connectivity index (χ2v) is 8.95. The van der Waals surface area contributed by atoms with Crippen LogP contribution in [0.1, 0.15) is 49.3 Å². The molecule has 0 bridgehead atoms. The molecular weight excluding hydrogens is 328 g/mol. The summed E-state index contributed by atoms with van der Waals surface area (Å²) in [6.07, 6.45) is 3.00. The van der Waals surface area contributed by atoms with Gasteiger partial charge in [-0.3, -0.25) is 0 Å². The van der Waals surface area contributed by atoms with Gasteiger partial charge in [-0.05, 0) is 50.3 Å². The van der Waals surface area contributed by atoms with E-state index >= 15 is 0 Å². The van der Waals surface area contributed by atoms with E-state index in [0.29, 0.717) is 29.8 Å². The largest absolute Gasteiger partial charge is 0.484 e. The van der Waals surface area contributed by atoms with Gasteiger partial charge in [-0.1, -0.05) is 0 Å². The predicted octanol–water partition coefficient (Wildman–Crippen LogP) is 1.70. The Balaban J connectivity index is 1.87. The minimum Gasteiger partial charge on any atom is -0.484 e. The van der Waals surface area contributed by atoms with E-state index < -0.39 is 27.8 Å². The van der Waals surface area contributed by atoms with Crippen LogP contribution in [-0.4, -0.2) is 41.8 Å². The average Bonchev–Trinajstić information content (AvgIpc) is 3.16. The third-order valence-electron chi connectivity index (χ3n) is 5.51. The minimum atomic E-state index is -3.39. The van der Waals surface area contributed by atoms with Crippen molar-refractivity contribution in [1.82, 2.24) is 4.31 Å². The number of hydrogen-bond acceptors (Lipinski definition) is 5. The van der Waals surface area contributed by atoms with Crippen LogP contribution in [0.15, 0.2) is 18.2 Å². The van der Waals surface area contributed by atoms with Crippen molar-refractivity contribution in [3.05, 3.63) is 29.3 Å². The molecule has 1 aromatic carbocycles. The zero-order chi connectivity index (χ0) is 16.9. The predicted molar refractivity (Wildman–Crippen MR) is 86.8 cm³/mol. The van der Waals surface area contributed by atoms with Gasteiger partial charge in [0.25, 0.3) is 0 Å². The van der Waals surface area contributed by atoms with E-state index in [0.717, 1.165) is 25.7 Å². The Morgan fingerprint density at radius 3 is 2.67 bits per heavy atom. The molecule has 2 unspecified atom stereocenters. The summed E-state index contributed by atoms with van der Waals surface area (Å²) in [5.41, 5.74) is 0.322. The Morgan fingerprint density at radius 2 is 2.04 bits per heavy atom. The highest BCUT2D eigenvalue weighted by molar-refractivity contribution is 7.89. The van der Waals surface area contributed by atoms with Gasteiger partial charge in [-0.25, -0.2) is 8.42 Å². The molecule has 2 atom stereocenters. The molecule has 1 N–H and O–H groups in total. The average molecular weight is 348 g/mol. The van der Waals surface area contributed by atoms with E-state index in [1.165, 1.54) is 4.31 Å². The first kappa shape index (κ1) is 15.9. The van der Waals surface area contributed by atoms with Crippen LogP contribution in [0, 0.1) is 11.3 Å². The lowest BCUT2D eigenvalue weighted by molar-refractivity contribution is -0.0957. The first-order valence-corrected chi connectivity index (χ1v) is 9.98. The molecule has 0 aromatic heterocycles. The van der Waals surface area contributed by atoms with Crippen molar-refractivity contribution >= 4 is 10.0 Å². The SMILES string of the molecule is N#Cc1ccc2c(c1)C(N1CCCS1(=O)=O)C(O)C1(CCCC1)O2. The fourth-order valence-corrected chi connectivity index (χ4v) is 6.04. The maximum atomic E-state index is 12.5. The number of benzene rings is 1. The van der Waals surface area contributed by atoms with Gasteiger partial charge in [0.2, 0.25) is 10.0 Å². The standard InChI is InChI=1S/C17H20N2O4S/c18-11-12-4-5-14-13(10-12)15(19-8-3-9-24(19,21)22)16(20)17(23-14)6-1-2-7-17/h4-5,10,15-16,20H,1-3,6-9H2.